The number of nitrogens with one attached hydrogen (secondary N) is 1. The van der Waals surface area contributed by atoms with Crippen LogP contribution in [0, 0.1) is 0 Å². The van der Waals surface area contributed by atoms with Crippen LogP contribution in [-0.4, -0.2) is 73.6 Å². The van der Waals surface area contributed by atoms with Crippen molar-refractivity contribution in [1.82, 2.24) is 19.6 Å². The van der Waals surface area contributed by atoms with E-state index < -0.39 is 35.2 Å². The number of nitrogen functional groups attached to an aromatic ring is 1. The van der Waals surface area contributed by atoms with Gasteiger partial charge in [0.25, 0.3) is 11.8 Å². The Bertz CT molecular complexity index is 1090. The van der Waals surface area contributed by atoms with Gasteiger partial charge in [-0.15, -0.1) is 11.8 Å². The molecule has 0 unspecified atom stereocenters. The van der Waals surface area contributed by atoms with E-state index in [-0.39, 0.29) is 76.0 Å². The van der Waals surface area contributed by atoms with Gasteiger partial charge in [-0.1, -0.05) is 5.16 Å². The summed E-state index contributed by atoms with van der Waals surface area (Å²) in [6.07, 6.45) is 3.51. The number of carbonyl (C=O) groups excluding carboxylic acids is 4. The zero-order valence-electron chi connectivity index (χ0n) is 19.0. The van der Waals surface area contributed by atoms with Gasteiger partial charge in [0.15, 0.2) is 5.13 Å². The molecule has 2 amide bonds. The standard InChI is InChI=1S/C19H22N6O7S2.Na/c1-8(26)31-6-9-7-33-17-12(16(28)25(17)13(9)18(29)30)21-15(27)11(14-22-19(20)34-24-14)23-32-10-4-2-3-5-10;/h10,12,17H,2-7H2,1H3,(H,21,27)(H,29,30)(H2,20,22,24);/q;+1/p-1/t12-,17-;/m1./s1. The molecule has 3 heterocycles. The first-order valence-electron chi connectivity index (χ1n) is 10.4. The number of carboxylic acids is 1. The number of carbonyl (C=O) groups is 4. The number of amides is 2. The van der Waals surface area contributed by atoms with Crippen LogP contribution in [0.15, 0.2) is 16.4 Å². The Morgan fingerprint density at radius 1 is 1.31 bits per heavy atom. The predicted octanol–water partition coefficient (Wildman–Crippen LogP) is -4.25. The minimum atomic E-state index is -1.57. The molecule has 2 fully saturated rings. The maximum absolute atomic E-state index is 13.0. The summed E-state index contributed by atoms with van der Waals surface area (Å²) in [7, 11) is 0. The third kappa shape index (κ3) is 5.97. The number of rotatable bonds is 8. The van der Waals surface area contributed by atoms with Crippen molar-refractivity contribution in [3.05, 3.63) is 17.1 Å². The molecule has 1 aromatic rings. The van der Waals surface area contributed by atoms with Crippen molar-refractivity contribution >= 4 is 57.9 Å². The van der Waals surface area contributed by atoms with Crippen molar-refractivity contribution in [3.63, 3.8) is 0 Å². The number of aliphatic carboxylic acids is 1. The topological polar surface area (TPSA) is 189 Å². The average molecular weight is 533 g/mol. The largest absolute Gasteiger partial charge is 1.00 e. The first-order valence-corrected chi connectivity index (χ1v) is 12.2. The summed E-state index contributed by atoms with van der Waals surface area (Å²) in [5.41, 5.74) is 5.30. The Labute approximate surface area is 230 Å². The number of nitrogens with two attached hydrogens (primary N) is 1. The van der Waals surface area contributed by atoms with E-state index in [4.69, 9.17) is 15.3 Å². The number of ether oxygens (including phenoxy) is 1. The number of nitrogens with zero attached hydrogens (tertiary/aromatic N) is 4. The number of hydrogen-bond acceptors (Lipinski definition) is 13. The molecule has 0 radical (unpaired) electrons. The van der Waals surface area contributed by atoms with E-state index in [1.807, 2.05) is 0 Å². The van der Waals surface area contributed by atoms with Crippen LogP contribution in [0.2, 0.25) is 0 Å². The number of carboxylic acid groups (broad SMARTS) is 1. The van der Waals surface area contributed by atoms with E-state index in [2.05, 4.69) is 19.8 Å². The summed E-state index contributed by atoms with van der Waals surface area (Å²) in [4.78, 5) is 59.2. The number of aromatic nitrogens is 2. The number of anilines is 1. The number of fused-ring (bicyclic) bond motifs is 1. The predicted molar refractivity (Wildman–Crippen MR) is 118 cm³/mol. The molecule has 1 aromatic heterocycles. The zero-order valence-corrected chi connectivity index (χ0v) is 22.6. The molecular formula is C19H21N6NaO7S2. The molecule has 13 nitrogen and oxygen atoms in total. The van der Waals surface area contributed by atoms with E-state index in [0.29, 0.717) is 0 Å². The molecule has 1 saturated carbocycles. The second kappa shape index (κ2) is 11.7. The van der Waals surface area contributed by atoms with Crippen LogP contribution in [-0.2, 0) is 28.8 Å². The van der Waals surface area contributed by atoms with Crippen LogP contribution < -0.4 is 45.7 Å². The fourth-order valence-corrected chi connectivity index (χ4v) is 5.58. The van der Waals surface area contributed by atoms with Crippen molar-refractivity contribution in [2.45, 2.75) is 50.1 Å². The summed E-state index contributed by atoms with van der Waals surface area (Å²) < 4.78 is 8.90. The van der Waals surface area contributed by atoms with Crippen LogP contribution in [0.1, 0.15) is 38.4 Å². The van der Waals surface area contributed by atoms with Crippen LogP contribution in [0.4, 0.5) is 5.13 Å². The van der Waals surface area contributed by atoms with Gasteiger partial charge >= 0.3 is 35.5 Å². The molecule has 16 heteroatoms. The third-order valence-electron chi connectivity index (χ3n) is 5.44. The fourth-order valence-electron chi connectivity index (χ4n) is 3.82. The van der Waals surface area contributed by atoms with Crippen molar-refractivity contribution < 1.29 is 63.4 Å². The number of esters is 1. The Hall–Kier alpha value is -2.20. The molecule has 4 rings (SSSR count). The van der Waals surface area contributed by atoms with Gasteiger partial charge in [-0.05, 0) is 25.7 Å². The summed E-state index contributed by atoms with van der Waals surface area (Å²) in [5.74, 6) is -3.41. The van der Waals surface area contributed by atoms with Gasteiger partial charge in [0, 0.05) is 29.8 Å². The molecule has 0 bridgehead atoms. The van der Waals surface area contributed by atoms with Gasteiger partial charge in [0.2, 0.25) is 11.5 Å². The van der Waals surface area contributed by atoms with E-state index in [1.54, 1.807) is 0 Å². The summed E-state index contributed by atoms with van der Waals surface area (Å²) in [5, 5.41) is 17.7. The Morgan fingerprint density at radius 2 is 2.03 bits per heavy atom. The van der Waals surface area contributed by atoms with Crippen molar-refractivity contribution in [2.75, 3.05) is 18.1 Å². The van der Waals surface area contributed by atoms with Crippen molar-refractivity contribution in [2.24, 2.45) is 5.16 Å². The van der Waals surface area contributed by atoms with Gasteiger partial charge in [-0.2, -0.15) is 9.36 Å². The van der Waals surface area contributed by atoms with E-state index in [1.165, 1.54) is 18.7 Å². The molecule has 35 heavy (non-hydrogen) atoms. The first kappa shape index (κ1) is 27.4. The smallest absolute Gasteiger partial charge is 0.543 e. The zero-order chi connectivity index (χ0) is 24.4. The number of hydrogen-bond donors (Lipinski definition) is 2. The molecule has 3 N–H and O–H groups in total. The Kier molecular flexibility index (Phi) is 9.15. The SMILES string of the molecule is CC(=O)OCC1=C(C(=O)[O-])N2C(=O)[C@@H](NC(=O)C(=NOC3CCCC3)c3nsc(N)n3)[C@H]2SC1.[Na+]. The quantitative estimate of drug-likeness (QED) is 0.108. The first-order chi connectivity index (χ1) is 16.3. The number of β-lactam (4-membered cyclic amide) rings is 1. The Morgan fingerprint density at radius 3 is 2.63 bits per heavy atom. The summed E-state index contributed by atoms with van der Waals surface area (Å²) >= 11 is 2.11. The summed E-state index contributed by atoms with van der Waals surface area (Å²) in [6, 6.07) is -1.02. The van der Waals surface area contributed by atoms with Gasteiger partial charge in [-0.25, -0.2) is 0 Å². The second-order valence-corrected chi connectivity index (χ2v) is 9.68. The van der Waals surface area contributed by atoms with Gasteiger partial charge in [0.1, 0.15) is 24.1 Å². The van der Waals surface area contributed by atoms with Gasteiger partial charge in [0.05, 0.1) is 11.7 Å². The minimum Gasteiger partial charge on any atom is -0.543 e. The molecule has 0 spiro atoms. The van der Waals surface area contributed by atoms with Crippen LogP contribution in [0.5, 0.6) is 0 Å². The molecule has 1 saturated heterocycles. The molecule has 182 valence electrons. The van der Waals surface area contributed by atoms with Gasteiger partial charge in [-0.3, -0.25) is 19.3 Å². The number of oxime groups is 1. The molecule has 1 aliphatic carbocycles. The third-order valence-corrected chi connectivity index (χ3v) is 7.32. The number of thioether (sulfide) groups is 1. The van der Waals surface area contributed by atoms with E-state index in [9.17, 15) is 24.3 Å². The molecular weight excluding hydrogens is 511 g/mol. The molecule has 3 aliphatic rings. The van der Waals surface area contributed by atoms with E-state index in [0.717, 1.165) is 42.1 Å². The maximum atomic E-state index is 13.0. The van der Waals surface area contributed by atoms with E-state index >= 15 is 0 Å². The Balaban J connectivity index is 0.00000342. The average Bonchev–Trinajstić information content (AvgIpc) is 3.47. The van der Waals surface area contributed by atoms with Crippen molar-refractivity contribution in [3.8, 4) is 0 Å². The molecule has 2 atom stereocenters. The molecule has 0 aromatic carbocycles. The minimum absolute atomic E-state index is 0. The van der Waals surface area contributed by atoms with Crippen molar-refractivity contribution in [1.29, 1.82) is 0 Å². The maximum Gasteiger partial charge on any atom is 1.00 e. The van der Waals surface area contributed by atoms with Crippen LogP contribution >= 0.6 is 23.3 Å². The van der Waals surface area contributed by atoms with Gasteiger partial charge < -0.3 is 30.5 Å². The second-order valence-electron chi connectivity index (χ2n) is 7.79. The summed E-state index contributed by atoms with van der Waals surface area (Å²) in [6.45, 7) is 0.921. The van der Waals surface area contributed by atoms with Crippen LogP contribution in [0.25, 0.3) is 0 Å². The normalized spacial score (nSPS) is 22.1. The fraction of sp³-hybridized carbons (Fsp3) is 0.526. The van der Waals surface area contributed by atoms with Crippen LogP contribution in [0.3, 0.4) is 0 Å². The molecule has 2 aliphatic heterocycles. The monoisotopic (exact) mass is 532 g/mol.